The SMILES string of the molecule is CNCc1sc(C2CCOC2)nc1C1CC1. The maximum Gasteiger partial charge on any atom is 0.0986 e. The van der Waals surface area contributed by atoms with Crippen molar-refractivity contribution in [3.05, 3.63) is 15.6 Å². The van der Waals surface area contributed by atoms with Gasteiger partial charge in [0.15, 0.2) is 0 Å². The maximum atomic E-state index is 5.45. The van der Waals surface area contributed by atoms with E-state index in [4.69, 9.17) is 9.72 Å². The van der Waals surface area contributed by atoms with E-state index in [9.17, 15) is 0 Å². The summed E-state index contributed by atoms with van der Waals surface area (Å²) in [7, 11) is 2.01. The first-order valence-corrected chi connectivity index (χ1v) is 6.92. The van der Waals surface area contributed by atoms with Crippen LogP contribution < -0.4 is 5.32 Å². The number of hydrogen-bond acceptors (Lipinski definition) is 4. The Hall–Kier alpha value is -0.450. The summed E-state index contributed by atoms with van der Waals surface area (Å²) >= 11 is 1.90. The molecular weight excluding hydrogens is 220 g/mol. The average molecular weight is 238 g/mol. The molecule has 1 saturated heterocycles. The van der Waals surface area contributed by atoms with Crippen molar-refractivity contribution in [3.63, 3.8) is 0 Å². The molecular formula is C12H18N2OS. The third-order valence-electron chi connectivity index (χ3n) is 3.32. The highest BCUT2D eigenvalue weighted by atomic mass is 32.1. The number of ether oxygens (including phenoxy) is 1. The first-order valence-electron chi connectivity index (χ1n) is 6.10. The molecule has 0 radical (unpaired) electrons. The Kier molecular flexibility index (Phi) is 2.96. The number of thiazole rings is 1. The Morgan fingerprint density at radius 3 is 2.88 bits per heavy atom. The van der Waals surface area contributed by atoms with Crippen molar-refractivity contribution in [1.82, 2.24) is 10.3 Å². The molecule has 3 rings (SSSR count). The van der Waals surface area contributed by atoms with Crippen molar-refractivity contribution in [1.29, 1.82) is 0 Å². The highest BCUT2D eigenvalue weighted by Gasteiger charge is 2.31. The van der Waals surface area contributed by atoms with Crippen LogP contribution in [-0.4, -0.2) is 25.2 Å². The topological polar surface area (TPSA) is 34.1 Å². The maximum absolute atomic E-state index is 5.45. The normalized spacial score (nSPS) is 25.2. The molecule has 3 nitrogen and oxygen atoms in total. The molecule has 0 aromatic carbocycles. The van der Waals surface area contributed by atoms with Crippen LogP contribution in [0, 0.1) is 0 Å². The van der Waals surface area contributed by atoms with Crippen LogP contribution in [0.15, 0.2) is 0 Å². The van der Waals surface area contributed by atoms with Crippen LogP contribution >= 0.6 is 11.3 Å². The van der Waals surface area contributed by atoms with E-state index in [0.29, 0.717) is 5.92 Å². The third-order valence-corrected chi connectivity index (χ3v) is 4.56. The molecule has 1 saturated carbocycles. The van der Waals surface area contributed by atoms with E-state index in [2.05, 4.69) is 5.32 Å². The zero-order chi connectivity index (χ0) is 11.0. The van der Waals surface area contributed by atoms with E-state index in [1.54, 1.807) is 0 Å². The quantitative estimate of drug-likeness (QED) is 0.873. The first kappa shape index (κ1) is 10.7. The first-order chi connectivity index (χ1) is 7.88. The molecule has 1 aliphatic heterocycles. The largest absolute Gasteiger partial charge is 0.381 e. The van der Waals surface area contributed by atoms with Gasteiger partial charge in [0.1, 0.15) is 0 Å². The standard InChI is InChI=1S/C12H18N2OS/c1-13-6-10-11(8-2-3-8)14-12(16-10)9-4-5-15-7-9/h8-9,13H,2-7H2,1H3. The van der Waals surface area contributed by atoms with Crippen LogP contribution in [0.4, 0.5) is 0 Å². The summed E-state index contributed by atoms with van der Waals surface area (Å²) in [6.07, 6.45) is 3.82. The zero-order valence-corrected chi connectivity index (χ0v) is 10.5. The lowest BCUT2D eigenvalue weighted by Gasteiger charge is -2.00. The second-order valence-electron chi connectivity index (χ2n) is 4.73. The fraction of sp³-hybridized carbons (Fsp3) is 0.750. The molecule has 16 heavy (non-hydrogen) atoms. The molecule has 88 valence electrons. The van der Waals surface area contributed by atoms with Gasteiger partial charge in [-0.3, -0.25) is 0 Å². The molecule has 1 unspecified atom stereocenters. The van der Waals surface area contributed by atoms with Gasteiger partial charge in [0.25, 0.3) is 0 Å². The molecule has 1 atom stereocenters. The molecule has 2 fully saturated rings. The Labute approximate surface area is 100 Å². The van der Waals surface area contributed by atoms with Gasteiger partial charge in [0.2, 0.25) is 0 Å². The summed E-state index contributed by atoms with van der Waals surface area (Å²) in [5, 5.41) is 4.56. The predicted octanol–water partition coefficient (Wildman–Crippen LogP) is 2.24. The monoisotopic (exact) mass is 238 g/mol. The van der Waals surface area contributed by atoms with Gasteiger partial charge in [-0.1, -0.05) is 0 Å². The van der Waals surface area contributed by atoms with Gasteiger partial charge < -0.3 is 10.1 Å². The smallest absolute Gasteiger partial charge is 0.0986 e. The van der Waals surface area contributed by atoms with Crippen LogP contribution in [0.2, 0.25) is 0 Å². The molecule has 2 heterocycles. The van der Waals surface area contributed by atoms with Crippen molar-refractivity contribution in [2.24, 2.45) is 0 Å². The van der Waals surface area contributed by atoms with Crippen molar-refractivity contribution in [2.45, 2.75) is 37.6 Å². The highest BCUT2D eigenvalue weighted by Crippen LogP contribution is 2.44. The van der Waals surface area contributed by atoms with Gasteiger partial charge in [0, 0.05) is 29.9 Å². The molecule has 0 amide bonds. The van der Waals surface area contributed by atoms with Crippen molar-refractivity contribution in [3.8, 4) is 0 Å². The van der Waals surface area contributed by atoms with Gasteiger partial charge in [-0.15, -0.1) is 11.3 Å². The lowest BCUT2D eigenvalue weighted by atomic mass is 10.1. The zero-order valence-electron chi connectivity index (χ0n) is 9.66. The number of hydrogen-bond donors (Lipinski definition) is 1. The van der Waals surface area contributed by atoms with Crippen molar-refractivity contribution >= 4 is 11.3 Å². The molecule has 0 spiro atoms. The number of rotatable bonds is 4. The summed E-state index contributed by atoms with van der Waals surface area (Å²) in [5.41, 5.74) is 1.38. The average Bonchev–Trinajstić information content (AvgIpc) is 2.82. The van der Waals surface area contributed by atoms with Crippen LogP contribution in [-0.2, 0) is 11.3 Å². The van der Waals surface area contributed by atoms with Gasteiger partial charge in [-0.2, -0.15) is 0 Å². The molecule has 1 aromatic heterocycles. The fourth-order valence-electron chi connectivity index (χ4n) is 2.25. The van der Waals surface area contributed by atoms with E-state index in [1.807, 2.05) is 18.4 Å². The molecule has 1 aromatic rings. The minimum atomic E-state index is 0.563. The van der Waals surface area contributed by atoms with E-state index < -0.39 is 0 Å². The van der Waals surface area contributed by atoms with Crippen LogP contribution in [0.25, 0.3) is 0 Å². The Bertz CT molecular complexity index is 367. The third kappa shape index (κ3) is 2.01. The fourth-order valence-corrected chi connectivity index (χ4v) is 3.53. The minimum Gasteiger partial charge on any atom is -0.381 e. The van der Waals surface area contributed by atoms with Gasteiger partial charge in [-0.25, -0.2) is 4.98 Å². The molecule has 2 aliphatic rings. The molecule has 4 heteroatoms. The Balaban J connectivity index is 1.85. The lowest BCUT2D eigenvalue weighted by molar-refractivity contribution is 0.194. The molecule has 0 bridgehead atoms. The van der Waals surface area contributed by atoms with Gasteiger partial charge >= 0.3 is 0 Å². The lowest BCUT2D eigenvalue weighted by Crippen LogP contribution is -2.05. The number of aromatic nitrogens is 1. The van der Waals surface area contributed by atoms with Crippen molar-refractivity contribution < 1.29 is 4.74 Å². The predicted molar refractivity (Wildman–Crippen MR) is 65.0 cm³/mol. The van der Waals surface area contributed by atoms with Gasteiger partial charge in [0.05, 0.1) is 17.3 Å². The number of nitrogens with zero attached hydrogens (tertiary/aromatic N) is 1. The van der Waals surface area contributed by atoms with Crippen LogP contribution in [0.5, 0.6) is 0 Å². The van der Waals surface area contributed by atoms with Crippen molar-refractivity contribution in [2.75, 3.05) is 20.3 Å². The second kappa shape index (κ2) is 4.43. The molecule has 1 N–H and O–H groups in total. The summed E-state index contributed by atoms with van der Waals surface area (Å²) in [6.45, 7) is 2.75. The summed E-state index contributed by atoms with van der Waals surface area (Å²) in [5.74, 6) is 1.32. The molecule has 1 aliphatic carbocycles. The summed E-state index contributed by atoms with van der Waals surface area (Å²) in [6, 6.07) is 0. The second-order valence-corrected chi connectivity index (χ2v) is 5.84. The van der Waals surface area contributed by atoms with E-state index in [0.717, 1.165) is 32.1 Å². The van der Waals surface area contributed by atoms with E-state index in [1.165, 1.54) is 28.4 Å². The van der Waals surface area contributed by atoms with Gasteiger partial charge in [-0.05, 0) is 26.3 Å². The Morgan fingerprint density at radius 1 is 1.38 bits per heavy atom. The summed E-state index contributed by atoms with van der Waals surface area (Å²) in [4.78, 5) is 6.32. The van der Waals surface area contributed by atoms with E-state index in [-0.39, 0.29) is 0 Å². The minimum absolute atomic E-state index is 0.563. The number of nitrogens with one attached hydrogen (secondary N) is 1. The Morgan fingerprint density at radius 2 is 2.25 bits per heavy atom. The highest BCUT2D eigenvalue weighted by molar-refractivity contribution is 7.11. The van der Waals surface area contributed by atoms with Crippen LogP contribution in [0.1, 0.15) is 46.7 Å². The van der Waals surface area contributed by atoms with Crippen LogP contribution in [0.3, 0.4) is 0 Å². The summed E-state index contributed by atoms with van der Waals surface area (Å²) < 4.78 is 5.45. The van der Waals surface area contributed by atoms with E-state index >= 15 is 0 Å².